The van der Waals surface area contributed by atoms with Gasteiger partial charge in [-0.05, 0) is 75.0 Å². The van der Waals surface area contributed by atoms with E-state index in [2.05, 4.69) is 26.6 Å². The molecule has 1 aliphatic heterocycles. The van der Waals surface area contributed by atoms with E-state index in [9.17, 15) is 5.11 Å². The van der Waals surface area contributed by atoms with Gasteiger partial charge in [0.2, 0.25) is 0 Å². The summed E-state index contributed by atoms with van der Waals surface area (Å²) < 4.78 is 14.0. The third kappa shape index (κ3) is 6.75. The first-order valence-electron chi connectivity index (χ1n) is 11.9. The molecule has 0 radical (unpaired) electrons. The van der Waals surface area contributed by atoms with E-state index in [4.69, 9.17) is 21.1 Å². The fraction of sp³-hybridized carbons (Fsp3) is 0.444. The number of likely N-dealkylation sites (tertiary alicyclic amines) is 1. The Morgan fingerprint density at radius 2 is 1.94 bits per heavy atom. The Hall–Kier alpha value is -2.54. The van der Waals surface area contributed by atoms with Gasteiger partial charge in [-0.2, -0.15) is 0 Å². The molecule has 1 aromatic heterocycles. The van der Waals surface area contributed by atoms with Crippen molar-refractivity contribution in [3.8, 4) is 11.5 Å². The number of aryl methyl sites for hydroxylation is 3. The predicted octanol–water partition coefficient (Wildman–Crippen LogP) is 5.03. The Morgan fingerprint density at radius 1 is 1.12 bits per heavy atom. The summed E-state index contributed by atoms with van der Waals surface area (Å²) in [6.45, 7) is 8.13. The highest BCUT2D eigenvalue weighted by Crippen LogP contribution is 2.29. The molecule has 0 unspecified atom stereocenters. The summed E-state index contributed by atoms with van der Waals surface area (Å²) in [5, 5.41) is 11.7. The second kappa shape index (κ2) is 11.3. The van der Waals surface area contributed by atoms with Crippen LogP contribution in [0.15, 0.2) is 54.9 Å². The number of rotatable bonds is 10. The molecule has 0 amide bonds. The van der Waals surface area contributed by atoms with E-state index in [0.717, 1.165) is 56.0 Å². The van der Waals surface area contributed by atoms with Crippen molar-refractivity contribution in [1.82, 2.24) is 14.5 Å². The second-order valence-corrected chi connectivity index (χ2v) is 9.68. The van der Waals surface area contributed by atoms with Crippen molar-refractivity contribution < 1.29 is 14.6 Å². The van der Waals surface area contributed by atoms with Gasteiger partial charge in [-0.15, -0.1) is 0 Å². The molecule has 0 aliphatic carbocycles. The van der Waals surface area contributed by atoms with Crippen LogP contribution in [0.2, 0.25) is 5.02 Å². The Balaban J connectivity index is 1.23. The lowest BCUT2D eigenvalue weighted by atomic mass is 9.93. The first-order valence-corrected chi connectivity index (χ1v) is 12.3. The molecule has 4 rings (SSSR count). The molecule has 3 aromatic rings. The van der Waals surface area contributed by atoms with Crippen LogP contribution in [0.1, 0.15) is 36.2 Å². The molecule has 6 nitrogen and oxygen atoms in total. The van der Waals surface area contributed by atoms with E-state index in [1.54, 1.807) is 0 Å². The highest BCUT2D eigenvalue weighted by Gasteiger charge is 2.34. The number of aliphatic hydroxyl groups is 1. The Kier molecular flexibility index (Phi) is 8.14. The molecule has 182 valence electrons. The topological polar surface area (TPSA) is 59.8 Å². The summed E-state index contributed by atoms with van der Waals surface area (Å²) in [6.07, 6.45) is 6.40. The van der Waals surface area contributed by atoms with Gasteiger partial charge in [0.25, 0.3) is 0 Å². The van der Waals surface area contributed by atoms with E-state index in [1.165, 1.54) is 5.56 Å². The number of benzene rings is 2. The summed E-state index contributed by atoms with van der Waals surface area (Å²) in [4.78, 5) is 6.53. The lowest BCUT2D eigenvalue weighted by molar-refractivity contribution is -0.0620. The number of ether oxygens (including phenoxy) is 2. The van der Waals surface area contributed by atoms with Crippen LogP contribution in [0.4, 0.5) is 0 Å². The minimum Gasteiger partial charge on any atom is -0.494 e. The number of aromatic nitrogens is 2. The second-order valence-electron chi connectivity index (χ2n) is 9.27. The van der Waals surface area contributed by atoms with Gasteiger partial charge in [-0.25, -0.2) is 4.98 Å². The maximum atomic E-state index is 11.2. The predicted molar refractivity (Wildman–Crippen MR) is 135 cm³/mol. The molecule has 34 heavy (non-hydrogen) atoms. The van der Waals surface area contributed by atoms with Crippen molar-refractivity contribution >= 4 is 11.6 Å². The molecule has 1 atom stereocenters. The van der Waals surface area contributed by atoms with Gasteiger partial charge in [0.1, 0.15) is 29.5 Å². The Labute approximate surface area is 207 Å². The van der Waals surface area contributed by atoms with E-state index in [-0.39, 0.29) is 6.61 Å². The minimum atomic E-state index is -0.887. The molecule has 2 heterocycles. The number of hydrogen-bond donors (Lipinski definition) is 1. The van der Waals surface area contributed by atoms with Crippen molar-refractivity contribution in [1.29, 1.82) is 0 Å². The minimum absolute atomic E-state index is 0.234. The number of halogens is 1. The summed E-state index contributed by atoms with van der Waals surface area (Å²) in [6, 6.07) is 13.9. The van der Waals surface area contributed by atoms with Crippen molar-refractivity contribution in [3.63, 3.8) is 0 Å². The van der Waals surface area contributed by atoms with Crippen LogP contribution in [-0.2, 0) is 13.1 Å². The summed E-state index contributed by atoms with van der Waals surface area (Å²) in [5.41, 5.74) is 1.40. The van der Waals surface area contributed by atoms with Crippen molar-refractivity contribution in [2.75, 3.05) is 26.3 Å². The third-order valence-electron chi connectivity index (χ3n) is 6.28. The lowest BCUT2D eigenvalue weighted by Crippen LogP contribution is -2.51. The molecule has 0 saturated carbocycles. The first-order chi connectivity index (χ1) is 16.4. The maximum absolute atomic E-state index is 11.2. The van der Waals surface area contributed by atoms with E-state index < -0.39 is 5.60 Å². The molecule has 1 N–H and O–H groups in total. The maximum Gasteiger partial charge on any atom is 0.138 e. The van der Waals surface area contributed by atoms with Gasteiger partial charge in [0.15, 0.2) is 0 Å². The van der Waals surface area contributed by atoms with Crippen molar-refractivity contribution in [2.45, 2.75) is 51.8 Å². The quantitative estimate of drug-likeness (QED) is 0.410. The first kappa shape index (κ1) is 24.6. The van der Waals surface area contributed by atoms with Gasteiger partial charge >= 0.3 is 0 Å². The molecule has 1 fully saturated rings. The van der Waals surface area contributed by atoms with Crippen molar-refractivity contribution in [3.05, 3.63) is 76.8 Å². The van der Waals surface area contributed by atoms with E-state index >= 15 is 0 Å². The van der Waals surface area contributed by atoms with E-state index in [1.807, 2.05) is 56.6 Å². The Bertz CT molecular complexity index is 1070. The SMILES string of the molecule is Cc1ccc(Cl)c(OC[C@]2(O)CCCN(Cc3ccc(OCCCn4ccnc4C)cc3)C2)c1. The average Bonchev–Trinajstić information content (AvgIpc) is 3.23. The number of β-amino-alcohol motifs (C(OH)–C–C–N with tert-alkyl or cyclic N) is 1. The fourth-order valence-electron chi connectivity index (χ4n) is 4.41. The zero-order valence-corrected chi connectivity index (χ0v) is 20.8. The zero-order chi connectivity index (χ0) is 24.0. The highest BCUT2D eigenvalue weighted by atomic mass is 35.5. The number of piperidine rings is 1. The summed E-state index contributed by atoms with van der Waals surface area (Å²) >= 11 is 6.25. The number of hydrogen-bond acceptors (Lipinski definition) is 5. The molecule has 0 spiro atoms. The van der Waals surface area contributed by atoms with Crippen LogP contribution in [0.25, 0.3) is 0 Å². The van der Waals surface area contributed by atoms with Crippen LogP contribution in [0.3, 0.4) is 0 Å². The van der Waals surface area contributed by atoms with Gasteiger partial charge in [-0.3, -0.25) is 4.90 Å². The Morgan fingerprint density at radius 3 is 2.71 bits per heavy atom. The lowest BCUT2D eigenvalue weighted by Gasteiger charge is -2.39. The zero-order valence-electron chi connectivity index (χ0n) is 20.0. The van der Waals surface area contributed by atoms with Crippen LogP contribution in [-0.4, -0.2) is 51.5 Å². The highest BCUT2D eigenvalue weighted by molar-refractivity contribution is 6.32. The van der Waals surface area contributed by atoms with E-state index in [0.29, 0.717) is 23.9 Å². The standard InChI is InChI=1S/C27H34ClN3O3/c1-21-5-10-25(28)26(17-21)34-20-27(32)11-3-13-30(19-27)18-23-6-8-24(9-7-23)33-16-4-14-31-15-12-29-22(31)2/h5-10,12,15,17,32H,3-4,11,13-14,16,18-20H2,1-2H3/t27-/m0/s1. The fourth-order valence-corrected chi connectivity index (χ4v) is 4.58. The molecule has 1 saturated heterocycles. The average molecular weight is 484 g/mol. The van der Waals surface area contributed by atoms with Crippen LogP contribution < -0.4 is 9.47 Å². The molecule has 7 heteroatoms. The normalized spacial score (nSPS) is 18.7. The van der Waals surface area contributed by atoms with Crippen molar-refractivity contribution in [2.24, 2.45) is 0 Å². The summed E-state index contributed by atoms with van der Waals surface area (Å²) in [7, 11) is 0. The molecule has 2 aromatic carbocycles. The third-order valence-corrected chi connectivity index (χ3v) is 6.59. The molecular formula is C27H34ClN3O3. The monoisotopic (exact) mass is 483 g/mol. The number of nitrogens with zero attached hydrogens (tertiary/aromatic N) is 3. The number of imidazole rings is 1. The summed E-state index contributed by atoms with van der Waals surface area (Å²) in [5.74, 6) is 2.53. The van der Waals surface area contributed by atoms with Gasteiger partial charge in [0, 0.05) is 32.0 Å². The van der Waals surface area contributed by atoms with Gasteiger partial charge < -0.3 is 19.1 Å². The largest absolute Gasteiger partial charge is 0.494 e. The van der Waals surface area contributed by atoms with Crippen LogP contribution in [0.5, 0.6) is 11.5 Å². The molecular weight excluding hydrogens is 450 g/mol. The molecule has 0 bridgehead atoms. The van der Waals surface area contributed by atoms with Crippen LogP contribution in [0, 0.1) is 13.8 Å². The smallest absolute Gasteiger partial charge is 0.138 e. The van der Waals surface area contributed by atoms with Crippen LogP contribution >= 0.6 is 11.6 Å². The molecule has 1 aliphatic rings. The van der Waals surface area contributed by atoms with Gasteiger partial charge in [-0.1, -0.05) is 29.8 Å². The van der Waals surface area contributed by atoms with Gasteiger partial charge in [0.05, 0.1) is 11.6 Å².